The minimum atomic E-state index is -0.0618. The highest BCUT2D eigenvalue weighted by molar-refractivity contribution is 8.93. The van der Waals surface area contributed by atoms with Crippen molar-refractivity contribution in [3.05, 3.63) is 46.0 Å². The fraction of sp³-hybridized carbons (Fsp3) is 0.182. The van der Waals surface area contributed by atoms with Crippen LogP contribution in [0.5, 0.6) is 0 Å². The van der Waals surface area contributed by atoms with Crippen molar-refractivity contribution in [2.24, 2.45) is 5.73 Å². The summed E-state index contributed by atoms with van der Waals surface area (Å²) < 4.78 is 5.05. The van der Waals surface area contributed by atoms with Crippen LogP contribution in [0.25, 0.3) is 0 Å². The fourth-order valence-electron chi connectivity index (χ4n) is 1.31. The first-order valence-corrected chi connectivity index (χ1v) is 5.50. The second-order valence-electron chi connectivity index (χ2n) is 3.11. The zero-order valence-corrected chi connectivity index (χ0v) is 11.0. The molecule has 0 saturated heterocycles. The van der Waals surface area contributed by atoms with Crippen molar-refractivity contribution >= 4 is 34.1 Å². The van der Waals surface area contributed by atoms with Crippen LogP contribution in [0.2, 0.25) is 0 Å². The number of halogens is 1. The molecule has 0 aliphatic heterocycles. The van der Waals surface area contributed by atoms with Crippen molar-refractivity contribution in [2.45, 2.75) is 6.42 Å². The van der Waals surface area contributed by atoms with E-state index in [2.05, 4.69) is 0 Å². The number of hydrogen-bond donors (Lipinski definition) is 1. The van der Waals surface area contributed by atoms with E-state index >= 15 is 0 Å². The zero-order chi connectivity index (χ0) is 10.7. The van der Waals surface area contributed by atoms with Crippen LogP contribution in [-0.4, -0.2) is 12.3 Å². The molecule has 2 aromatic rings. The molecule has 5 heteroatoms. The Morgan fingerprint density at radius 1 is 1.38 bits per heavy atom. The number of ketones is 1. The highest BCUT2D eigenvalue weighted by Crippen LogP contribution is 2.20. The van der Waals surface area contributed by atoms with Gasteiger partial charge in [-0.05, 0) is 37.2 Å². The summed E-state index contributed by atoms with van der Waals surface area (Å²) in [6.45, 7) is 0.606. The largest absolute Gasteiger partial charge is 0.461 e. The Morgan fingerprint density at radius 3 is 2.81 bits per heavy atom. The second kappa shape index (κ2) is 5.98. The molecule has 0 saturated carbocycles. The van der Waals surface area contributed by atoms with Gasteiger partial charge < -0.3 is 10.2 Å². The molecule has 0 aromatic carbocycles. The van der Waals surface area contributed by atoms with E-state index in [1.54, 1.807) is 12.1 Å². The van der Waals surface area contributed by atoms with Crippen molar-refractivity contribution < 1.29 is 9.21 Å². The molecule has 0 radical (unpaired) electrons. The SMILES string of the molecule is Br.NCCc1ccc(C(=O)c2ccco2)s1. The molecule has 2 N–H and O–H groups in total. The first-order chi connectivity index (χ1) is 7.31. The highest BCUT2D eigenvalue weighted by atomic mass is 79.9. The standard InChI is InChI=1S/C11H11NO2S.BrH/c12-6-5-8-3-4-10(15-8)11(13)9-2-1-7-14-9;/h1-4,7H,5-6,12H2;1H. The first kappa shape index (κ1) is 13.2. The molecule has 0 fully saturated rings. The van der Waals surface area contributed by atoms with Gasteiger partial charge in [0, 0.05) is 4.88 Å². The van der Waals surface area contributed by atoms with E-state index < -0.39 is 0 Å². The third kappa shape index (κ3) is 2.81. The minimum absolute atomic E-state index is 0. The van der Waals surface area contributed by atoms with Gasteiger partial charge in [0.05, 0.1) is 11.1 Å². The Bertz CT molecular complexity index is 450. The Kier molecular flexibility index (Phi) is 4.92. The van der Waals surface area contributed by atoms with Crippen LogP contribution in [0.4, 0.5) is 0 Å². The van der Waals surface area contributed by atoms with Gasteiger partial charge in [-0.3, -0.25) is 4.79 Å². The minimum Gasteiger partial charge on any atom is -0.461 e. The molecule has 2 rings (SSSR count). The number of thiophene rings is 1. The quantitative estimate of drug-likeness (QED) is 0.883. The van der Waals surface area contributed by atoms with Gasteiger partial charge in [-0.25, -0.2) is 0 Å². The van der Waals surface area contributed by atoms with Crippen LogP contribution in [-0.2, 0) is 6.42 Å². The summed E-state index contributed by atoms with van der Waals surface area (Å²) >= 11 is 1.47. The predicted octanol–water partition coefficient (Wildman–Crippen LogP) is 2.65. The van der Waals surface area contributed by atoms with Crippen molar-refractivity contribution in [3.63, 3.8) is 0 Å². The maximum atomic E-state index is 11.8. The molecule has 0 aliphatic rings. The van der Waals surface area contributed by atoms with Gasteiger partial charge in [0.1, 0.15) is 0 Å². The van der Waals surface area contributed by atoms with Gasteiger partial charge in [-0.1, -0.05) is 0 Å². The number of hydrogen-bond acceptors (Lipinski definition) is 4. The summed E-state index contributed by atoms with van der Waals surface area (Å²) in [6, 6.07) is 7.14. The van der Waals surface area contributed by atoms with Gasteiger partial charge in [0.15, 0.2) is 5.76 Å². The molecule has 16 heavy (non-hydrogen) atoms. The Hall–Kier alpha value is -0.910. The van der Waals surface area contributed by atoms with Gasteiger partial charge in [0.2, 0.25) is 5.78 Å². The summed E-state index contributed by atoms with van der Waals surface area (Å²) in [7, 11) is 0. The number of furan rings is 1. The lowest BCUT2D eigenvalue weighted by Crippen LogP contribution is -2.00. The first-order valence-electron chi connectivity index (χ1n) is 4.68. The molecule has 0 bridgehead atoms. The second-order valence-corrected chi connectivity index (χ2v) is 4.28. The summed E-state index contributed by atoms with van der Waals surface area (Å²) in [6.07, 6.45) is 2.32. The third-order valence-corrected chi connectivity index (χ3v) is 3.16. The van der Waals surface area contributed by atoms with Crippen molar-refractivity contribution in [2.75, 3.05) is 6.54 Å². The Labute approximate surface area is 108 Å². The number of nitrogens with two attached hydrogens (primary N) is 1. The summed E-state index contributed by atoms with van der Waals surface area (Å²) in [4.78, 5) is 13.6. The van der Waals surface area contributed by atoms with Crippen LogP contribution < -0.4 is 5.73 Å². The Balaban J connectivity index is 0.00000128. The lowest BCUT2D eigenvalue weighted by atomic mass is 10.2. The normalized spacial score (nSPS) is 9.81. The van der Waals surface area contributed by atoms with Crippen LogP contribution in [0.1, 0.15) is 20.3 Å². The van der Waals surface area contributed by atoms with Crippen LogP contribution in [0, 0.1) is 0 Å². The van der Waals surface area contributed by atoms with Crippen LogP contribution in [0.3, 0.4) is 0 Å². The third-order valence-electron chi connectivity index (χ3n) is 2.02. The molecule has 0 atom stereocenters. The van der Waals surface area contributed by atoms with E-state index in [0.717, 1.165) is 11.3 Å². The van der Waals surface area contributed by atoms with E-state index in [0.29, 0.717) is 17.2 Å². The number of carbonyl (C=O) groups is 1. The van der Waals surface area contributed by atoms with E-state index in [-0.39, 0.29) is 22.8 Å². The maximum absolute atomic E-state index is 11.8. The van der Waals surface area contributed by atoms with E-state index in [1.807, 2.05) is 12.1 Å². The van der Waals surface area contributed by atoms with E-state index in [9.17, 15) is 4.79 Å². The van der Waals surface area contributed by atoms with Crippen LogP contribution >= 0.6 is 28.3 Å². The Morgan fingerprint density at radius 2 is 2.19 bits per heavy atom. The predicted molar refractivity (Wildman–Crippen MR) is 69.5 cm³/mol. The molecular weight excluding hydrogens is 290 g/mol. The molecule has 0 spiro atoms. The molecule has 2 aromatic heterocycles. The molecule has 2 heterocycles. The summed E-state index contributed by atoms with van der Waals surface area (Å²) in [5.41, 5.74) is 5.44. The van der Waals surface area contributed by atoms with Crippen molar-refractivity contribution in [3.8, 4) is 0 Å². The molecule has 0 unspecified atom stereocenters. The van der Waals surface area contributed by atoms with Gasteiger partial charge in [-0.15, -0.1) is 28.3 Å². The van der Waals surface area contributed by atoms with Crippen LogP contribution in [0.15, 0.2) is 34.9 Å². The average molecular weight is 302 g/mol. The smallest absolute Gasteiger partial charge is 0.238 e. The maximum Gasteiger partial charge on any atom is 0.238 e. The molecule has 86 valence electrons. The lowest BCUT2D eigenvalue weighted by Gasteiger charge is -1.92. The monoisotopic (exact) mass is 301 g/mol. The highest BCUT2D eigenvalue weighted by Gasteiger charge is 2.13. The summed E-state index contributed by atoms with van der Waals surface area (Å²) in [5, 5.41) is 0. The summed E-state index contributed by atoms with van der Waals surface area (Å²) in [5.74, 6) is 0.324. The number of carbonyl (C=O) groups excluding carboxylic acids is 1. The van der Waals surface area contributed by atoms with E-state index in [1.165, 1.54) is 17.6 Å². The van der Waals surface area contributed by atoms with Gasteiger partial charge in [-0.2, -0.15) is 0 Å². The lowest BCUT2D eigenvalue weighted by molar-refractivity contribution is 0.101. The zero-order valence-electron chi connectivity index (χ0n) is 8.51. The fourth-order valence-corrected chi connectivity index (χ4v) is 2.27. The van der Waals surface area contributed by atoms with Gasteiger partial charge >= 0.3 is 0 Å². The molecule has 0 aliphatic carbocycles. The molecule has 3 nitrogen and oxygen atoms in total. The van der Waals surface area contributed by atoms with Gasteiger partial charge in [0.25, 0.3) is 0 Å². The molecular formula is C11H12BrNO2S. The van der Waals surface area contributed by atoms with Crippen molar-refractivity contribution in [1.29, 1.82) is 0 Å². The van der Waals surface area contributed by atoms with E-state index in [4.69, 9.17) is 10.2 Å². The average Bonchev–Trinajstić information content (AvgIpc) is 2.87. The van der Waals surface area contributed by atoms with Crippen molar-refractivity contribution in [1.82, 2.24) is 0 Å². The number of rotatable bonds is 4. The molecule has 0 amide bonds. The topological polar surface area (TPSA) is 56.2 Å².